The van der Waals surface area contributed by atoms with Crippen molar-refractivity contribution in [1.82, 2.24) is 9.62 Å². The molecule has 178 valence electrons. The SMILES string of the molecule is Cc1c(C2NC=CO2)sc(NCCC2CCCCC2Cl)c1C(=O)N(SO)C(C)(C)C(=O)O. The topological polar surface area (TPSA) is 111 Å². The number of carboxylic acids is 1. The summed E-state index contributed by atoms with van der Waals surface area (Å²) in [4.78, 5) is 26.0. The van der Waals surface area contributed by atoms with Crippen molar-refractivity contribution < 1.29 is 24.0 Å². The Morgan fingerprint density at radius 2 is 2.12 bits per heavy atom. The van der Waals surface area contributed by atoms with Crippen LogP contribution in [-0.4, -0.2) is 43.3 Å². The second-order valence-corrected chi connectivity index (χ2v) is 10.7. The minimum Gasteiger partial charge on any atom is -0.479 e. The lowest BCUT2D eigenvalue weighted by molar-refractivity contribution is -0.145. The summed E-state index contributed by atoms with van der Waals surface area (Å²) in [5.74, 6) is -1.37. The number of rotatable bonds is 9. The number of ether oxygens (including phenoxy) is 1. The molecular formula is C21H30ClN3O5S2. The van der Waals surface area contributed by atoms with Crippen molar-refractivity contribution in [3.8, 4) is 0 Å². The molecule has 0 bridgehead atoms. The van der Waals surface area contributed by atoms with Gasteiger partial charge in [0.1, 0.15) is 29.0 Å². The van der Waals surface area contributed by atoms with Crippen LogP contribution in [0.2, 0.25) is 0 Å². The number of alkyl halides is 1. The average molecular weight is 504 g/mol. The quantitative estimate of drug-likeness (QED) is 0.207. The van der Waals surface area contributed by atoms with Crippen LogP contribution in [0.5, 0.6) is 0 Å². The summed E-state index contributed by atoms with van der Waals surface area (Å²) in [6.07, 6.45) is 8.18. The number of nitrogens with zero attached hydrogens (tertiary/aromatic N) is 1. The lowest BCUT2D eigenvalue weighted by atomic mass is 9.86. The van der Waals surface area contributed by atoms with Gasteiger partial charge in [-0.2, -0.15) is 0 Å². The van der Waals surface area contributed by atoms with E-state index < -0.39 is 23.6 Å². The van der Waals surface area contributed by atoms with Gasteiger partial charge < -0.3 is 25.0 Å². The Morgan fingerprint density at radius 3 is 2.72 bits per heavy atom. The van der Waals surface area contributed by atoms with E-state index in [2.05, 4.69) is 10.6 Å². The Balaban J connectivity index is 1.87. The highest BCUT2D eigenvalue weighted by Gasteiger charge is 2.41. The normalized spacial score (nSPS) is 22.8. The van der Waals surface area contributed by atoms with Crippen molar-refractivity contribution in [3.63, 3.8) is 0 Å². The van der Waals surface area contributed by atoms with Gasteiger partial charge in [-0.25, -0.2) is 9.10 Å². The lowest BCUT2D eigenvalue weighted by Crippen LogP contribution is -2.49. The average Bonchev–Trinajstić information content (AvgIpc) is 3.37. The third kappa shape index (κ3) is 5.13. The fourth-order valence-corrected chi connectivity index (χ4v) is 6.10. The first-order valence-corrected chi connectivity index (χ1v) is 12.6. The van der Waals surface area contributed by atoms with Gasteiger partial charge in [0.05, 0.1) is 10.4 Å². The maximum absolute atomic E-state index is 13.5. The van der Waals surface area contributed by atoms with E-state index in [9.17, 15) is 19.2 Å². The predicted octanol–water partition coefficient (Wildman–Crippen LogP) is 5.17. The first-order valence-electron chi connectivity index (χ1n) is 10.7. The van der Waals surface area contributed by atoms with Crippen LogP contribution >= 0.6 is 35.2 Å². The maximum atomic E-state index is 13.5. The van der Waals surface area contributed by atoms with Crippen molar-refractivity contribution in [2.45, 2.75) is 70.0 Å². The predicted molar refractivity (Wildman–Crippen MR) is 128 cm³/mol. The minimum atomic E-state index is -1.61. The molecule has 0 saturated heterocycles. The van der Waals surface area contributed by atoms with Crippen LogP contribution in [0.1, 0.15) is 73.0 Å². The first-order chi connectivity index (χ1) is 15.2. The van der Waals surface area contributed by atoms with E-state index in [0.29, 0.717) is 28.6 Å². The number of carboxylic acid groups (broad SMARTS) is 1. The van der Waals surface area contributed by atoms with E-state index in [1.165, 1.54) is 38.0 Å². The molecule has 1 aromatic rings. The van der Waals surface area contributed by atoms with E-state index in [4.69, 9.17) is 16.3 Å². The van der Waals surface area contributed by atoms with Gasteiger partial charge in [-0.15, -0.1) is 22.9 Å². The highest BCUT2D eigenvalue weighted by molar-refractivity contribution is 7.92. The number of hydrogen-bond acceptors (Lipinski definition) is 8. The molecule has 3 unspecified atom stereocenters. The molecule has 32 heavy (non-hydrogen) atoms. The molecule has 0 radical (unpaired) electrons. The molecule has 0 spiro atoms. The van der Waals surface area contributed by atoms with Gasteiger partial charge in [0.25, 0.3) is 5.91 Å². The zero-order chi connectivity index (χ0) is 23.5. The summed E-state index contributed by atoms with van der Waals surface area (Å²) in [7, 11) is 0. The van der Waals surface area contributed by atoms with E-state index in [1.807, 2.05) is 0 Å². The smallest absolute Gasteiger partial charge is 0.330 e. The third-order valence-electron chi connectivity index (χ3n) is 6.08. The molecule has 3 rings (SSSR count). The van der Waals surface area contributed by atoms with Crippen molar-refractivity contribution in [2.24, 2.45) is 5.92 Å². The molecule has 11 heteroatoms. The van der Waals surface area contributed by atoms with E-state index in [0.717, 1.165) is 28.4 Å². The monoisotopic (exact) mass is 503 g/mol. The Kier molecular flexibility index (Phi) is 8.24. The number of aliphatic carboxylic acids is 1. The molecule has 1 aromatic heterocycles. The van der Waals surface area contributed by atoms with Gasteiger partial charge in [0.15, 0.2) is 0 Å². The number of amides is 1. The molecule has 1 aliphatic carbocycles. The van der Waals surface area contributed by atoms with Crippen LogP contribution in [0.4, 0.5) is 5.00 Å². The van der Waals surface area contributed by atoms with Gasteiger partial charge in [-0.05, 0) is 51.5 Å². The largest absolute Gasteiger partial charge is 0.479 e. The Hall–Kier alpha value is -1.62. The van der Waals surface area contributed by atoms with E-state index >= 15 is 0 Å². The van der Waals surface area contributed by atoms with Crippen molar-refractivity contribution in [2.75, 3.05) is 11.9 Å². The number of thiophene rings is 1. The third-order valence-corrected chi connectivity index (χ3v) is 8.73. The highest BCUT2D eigenvalue weighted by atomic mass is 35.5. The minimum absolute atomic E-state index is 0.117. The van der Waals surface area contributed by atoms with Crippen LogP contribution in [0.25, 0.3) is 0 Å². The van der Waals surface area contributed by atoms with Gasteiger partial charge in [0.2, 0.25) is 6.23 Å². The van der Waals surface area contributed by atoms with Crippen LogP contribution < -0.4 is 10.6 Å². The fourth-order valence-electron chi connectivity index (χ4n) is 4.02. The summed E-state index contributed by atoms with van der Waals surface area (Å²) in [5.41, 5.74) is -0.596. The Bertz CT molecular complexity index is 868. The van der Waals surface area contributed by atoms with Crippen LogP contribution in [0, 0.1) is 12.8 Å². The molecule has 1 aliphatic heterocycles. The molecule has 2 aliphatic rings. The second kappa shape index (κ2) is 10.5. The van der Waals surface area contributed by atoms with Gasteiger partial charge >= 0.3 is 5.97 Å². The molecule has 1 fully saturated rings. The standard InChI is InChI=1S/C21H30ClN3O5S2/c1-12-15(19(26)25(32-29)21(2,3)20(27)28)18(31-16(12)17-23-10-11-30-17)24-9-8-13-6-4-5-7-14(13)22/h10-11,13-14,17,23-24,29H,4-9H2,1-3H3,(H,27,28). The second-order valence-electron chi connectivity index (χ2n) is 8.60. The number of halogens is 1. The van der Waals surface area contributed by atoms with Crippen LogP contribution in [-0.2, 0) is 9.53 Å². The molecule has 8 nitrogen and oxygen atoms in total. The summed E-state index contributed by atoms with van der Waals surface area (Å²) in [6, 6.07) is 0. The molecule has 1 saturated carbocycles. The number of nitrogens with one attached hydrogen (secondary N) is 2. The molecule has 2 heterocycles. The number of carbonyl (C=O) groups is 2. The Labute approximate surface area is 201 Å². The molecule has 3 atom stereocenters. The maximum Gasteiger partial charge on any atom is 0.330 e. The summed E-state index contributed by atoms with van der Waals surface area (Å²) >= 11 is 8.00. The van der Waals surface area contributed by atoms with Gasteiger partial charge in [-0.1, -0.05) is 12.8 Å². The zero-order valence-electron chi connectivity index (χ0n) is 18.4. The van der Waals surface area contributed by atoms with Crippen molar-refractivity contribution in [3.05, 3.63) is 28.5 Å². The summed E-state index contributed by atoms with van der Waals surface area (Å²) in [5, 5.41) is 16.8. The first kappa shape index (κ1) is 25.0. The van der Waals surface area contributed by atoms with Gasteiger partial charge in [-0.3, -0.25) is 4.79 Å². The number of hydrogen-bond donors (Lipinski definition) is 4. The van der Waals surface area contributed by atoms with E-state index in [1.54, 1.807) is 19.4 Å². The van der Waals surface area contributed by atoms with Crippen LogP contribution in [0.15, 0.2) is 12.5 Å². The lowest BCUT2D eigenvalue weighted by Gasteiger charge is -2.31. The fraction of sp³-hybridized carbons (Fsp3) is 0.619. The molecule has 4 N–H and O–H groups in total. The molecule has 1 amide bonds. The number of anilines is 1. The summed E-state index contributed by atoms with van der Waals surface area (Å²) in [6.45, 7) is 5.19. The molecular weight excluding hydrogens is 474 g/mol. The van der Waals surface area contributed by atoms with Crippen molar-refractivity contribution >= 4 is 52.0 Å². The summed E-state index contributed by atoms with van der Waals surface area (Å²) < 4.78 is 16.3. The van der Waals surface area contributed by atoms with Gasteiger partial charge in [0, 0.05) is 18.1 Å². The van der Waals surface area contributed by atoms with E-state index in [-0.39, 0.29) is 17.6 Å². The number of carbonyl (C=O) groups excluding carboxylic acids is 1. The van der Waals surface area contributed by atoms with Crippen LogP contribution in [0.3, 0.4) is 0 Å². The highest BCUT2D eigenvalue weighted by Crippen LogP contribution is 2.41. The zero-order valence-corrected chi connectivity index (χ0v) is 20.8. The van der Waals surface area contributed by atoms with Crippen molar-refractivity contribution in [1.29, 1.82) is 0 Å². The molecule has 0 aromatic carbocycles. The Morgan fingerprint density at radius 1 is 1.41 bits per heavy atom.